The van der Waals surface area contributed by atoms with Gasteiger partial charge in [-0.25, -0.2) is 0 Å². The molecule has 5 heteroatoms. The van der Waals surface area contributed by atoms with Crippen molar-refractivity contribution in [3.8, 4) is 0 Å². The molecule has 0 aliphatic heterocycles. The van der Waals surface area contributed by atoms with Crippen LogP contribution >= 0.6 is 0 Å². The molecule has 5 nitrogen and oxygen atoms in total. The van der Waals surface area contributed by atoms with Crippen molar-refractivity contribution in [1.29, 1.82) is 0 Å². The maximum Gasteiger partial charge on any atom is 0.255 e. The van der Waals surface area contributed by atoms with Crippen LogP contribution in [-0.4, -0.2) is 27.8 Å². The van der Waals surface area contributed by atoms with Crippen LogP contribution in [0.1, 0.15) is 27.4 Å². The molecular formula is C15H18N4O. The lowest BCUT2D eigenvalue weighted by Gasteiger charge is -2.18. The summed E-state index contributed by atoms with van der Waals surface area (Å²) in [5.41, 5.74) is 9.17. The number of nitrogens with two attached hydrogens (primary N) is 1. The summed E-state index contributed by atoms with van der Waals surface area (Å²) in [6.45, 7) is 4.18. The van der Waals surface area contributed by atoms with Gasteiger partial charge in [0.2, 0.25) is 0 Å². The molecule has 0 unspecified atom stereocenters. The lowest BCUT2D eigenvalue weighted by Crippen LogP contribution is -2.27. The Morgan fingerprint density at radius 2 is 2.10 bits per heavy atom. The van der Waals surface area contributed by atoms with E-state index in [1.165, 1.54) is 0 Å². The molecule has 0 fully saturated rings. The van der Waals surface area contributed by atoms with Gasteiger partial charge >= 0.3 is 0 Å². The molecule has 0 saturated heterocycles. The SMILES string of the molecule is Cc1cccc(CN(C)C(=O)c2cc(N)cnc2C)n1. The Balaban J connectivity index is 2.18. The van der Waals surface area contributed by atoms with Crippen molar-refractivity contribution in [3.05, 3.63) is 53.1 Å². The minimum atomic E-state index is -0.106. The highest BCUT2D eigenvalue weighted by molar-refractivity contribution is 5.95. The number of aromatic nitrogens is 2. The summed E-state index contributed by atoms with van der Waals surface area (Å²) in [7, 11) is 1.75. The van der Waals surface area contributed by atoms with E-state index < -0.39 is 0 Å². The van der Waals surface area contributed by atoms with Gasteiger partial charge in [-0.1, -0.05) is 6.07 Å². The van der Waals surface area contributed by atoms with Crippen molar-refractivity contribution >= 4 is 11.6 Å². The Labute approximate surface area is 118 Å². The minimum Gasteiger partial charge on any atom is -0.397 e. The molecule has 2 rings (SSSR count). The fourth-order valence-corrected chi connectivity index (χ4v) is 1.97. The summed E-state index contributed by atoms with van der Waals surface area (Å²) < 4.78 is 0. The van der Waals surface area contributed by atoms with Gasteiger partial charge in [0.05, 0.1) is 35.4 Å². The number of anilines is 1. The zero-order valence-corrected chi connectivity index (χ0v) is 11.9. The zero-order valence-electron chi connectivity index (χ0n) is 11.9. The summed E-state index contributed by atoms with van der Waals surface area (Å²) in [4.78, 5) is 22.5. The first kappa shape index (κ1) is 14.0. The molecule has 0 aromatic carbocycles. The monoisotopic (exact) mass is 270 g/mol. The van der Waals surface area contributed by atoms with Gasteiger partial charge in [0.25, 0.3) is 5.91 Å². The van der Waals surface area contributed by atoms with E-state index in [-0.39, 0.29) is 5.91 Å². The largest absolute Gasteiger partial charge is 0.397 e. The summed E-state index contributed by atoms with van der Waals surface area (Å²) in [6, 6.07) is 7.42. The summed E-state index contributed by atoms with van der Waals surface area (Å²) >= 11 is 0. The number of carbonyl (C=O) groups is 1. The van der Waals surface area contributed by atoms with Gasteiger partial charge < -0.3 is 10.6 Å². The average Bonchev–Trinajstić information content (AvgIpc) is 2.40. The van der Waals surface area contributed by atoms with E-state index in [0.29, 0.717) is 23.5 Å². The van der Waals surface area contributed by atoms with E-state index >= 15 is 0 Å². The standard InChI is InChI=1S/C15H18N4O/c1-10-5-4-6-13(18-10)9-19(3)15(20)14-7-12(16)8-17-11(14)2/h4-8H,9,16H2,1-3H3. The number of aryl methyl sites for hydroxylation is 2. The van der Waals surface area contributed by atoms with Gasteiger partial charge in [0.1, 0.15) is 0 Å². The smallest absolute Gasteiger partial charge is 0.255 e. The first-order chi connectivity index (χ1) is 9.47. The highest BCUT2D eigenvalue weighted by Gasteiger charge is 2.16. The second-order valence-corrected chi connectivity index (χ2v) is 4.83. The second kappa shape index (κ2) is 5.69. The van der Waals surface area contributed by atoms with Crippen LogP contribution in [0.3, 0.4) is 0 Å². The molecule has 2 aromatic rings. The first-order valence-corrected chi connectivity index (χ1v) is 6.37. The molecule has 0 radical (unpaired) electrons. The molecule has 2 aromatic heterocycles. The molecule has 0 saturated carbocycles. The number of nitrogens with zero attached hydrogens (tertiary/aromatic N) is 3. The topological polar surface area (TPSA) is 72.1 Å². The van der Waals surface area contributed by atoms with Crippen LogP contribution in [0.15, 0.2) is 30.5 Å². The molecule has 1 amide bonds. The number of amides is 1. The van der Waals surface area contributed by atoms with Gasteiger partial charge in [0, 0.05) is 12.7 Å². The van der Waals surface area contributed by atoms with E-state index in [1.54, 1.807) is 31.1 Å². The number of nitrogen functional groups attached to an aromatic ring is 1. The van der Waals surface area contributed by atoms with Crippen LogP contribution in [0.4, 0.5) is 5.69 Å². The minimum absolute atomic E-state index is 0.106. The highest BCUT2D eigenvalue weighted by Crippen LogP contribution is 2.13. The van der Waals surface area contributed by atoms with Crippen LogP contribution in [0, 0.1) is 13.8 Å². The van der Waals surface area contributed by atoms with E-state index in [4.69, 9.17) is 5.73 Å². The Kier molecular flexibility index (Phi) is 3.98. The summed E-state index contributed by atoms with van der Waals surface area (Å²) in [6.07, 6.45) is 1.55. The Morgan fingerprint density at radius 1 is 1.35 bits per heavy atom. The average molecular weight is 270 g/mol. The lowest BCUT2D eigenvalue weighted by atomic mass is 10.1. The van der Waals surface area contributed by atoms with Crippen molar-refractivity contribution < 1.29 is 4.79 Å². The lowest BCUT2D eigenvalue weighted by molar-refractivity contribution is 0.0782. The quantitative estimate of drug-likeness (QED) is 0.925. The Bertz CT molecular complexity index is 640. The first-order valence-electron chi connectivity index (χ1n) is 6.37. The number of hydrogen-bond donors (Lipinski definition) is 1. The molecule has 2 heterocycles. The van der Waals surface area contributed by atoms with Crippen molar-refractivity contribution in [3.63, 3.8) is 0 Å². The van der Waals surface area contributed by atoms with Crippen LogP contribution in [0.25, 0.3) is 0 Å². The van der Waals surface area contributed by atoms with Gasteiger partial charge in [-0.15, -0.1) is 0 Å². The number of pyridine rings is 2. The molecule has 20 heavy (non-hydrogen) atoms. The predicted molar refractivity (Wildman–Crippen MR) is 78.2 cm³/mol. The van der Waals surface area contributed by atoms with E-state index in [1.807, 2.05) is 25.1 Å². The fourth-order valence-electron chi connectivity index (χ4n) is 1.97. The van der Waals surface area contributed by atoms with Crippen molar-refractivity contribution in [2.75, 3.05) is 12.8 Å². The maximum absolute atomic E-state index is 12.4. The third-order valence-corrected chi connectivity index (χ3v) is 3.03. The Morgan fingerprint density at radius 3 is 2.80 bits per heavy atom. The third-order valence-electron chi connectivity index (χ3n) is 3.03. The fraction of sp³-hybridized carbons (Fsp3) is 0.267. The maximum atomic E-state index is 12.4. The van der Waals surface area contributed by atoms with Crippen molar-refractivity contribution in [2.45, 2.75) is 20.4 Å². The van der Waals surface area contributed by atoms with Crippen molar-refractivity contribution in [2.24, 2.45) is 0 Å². The highest BCUT2D eigenvalue weighted by atomic mass is 16.2. The van der Waals surface area contributed by atoms with Gasteiger partial charge in [-0.05, 0) is 32.0 Å². The van der Waals surface area contributed by atoms with Crippen LogP contribution in [0.5, 0.6) is 0 Å². The van der Waals surface area contributed by atoms with Gasteiger partial charge in [-0.3, -0.25) is 14.8 Å². The van der Waals surface area contributed by atoms with E-state index in [9.17, 15) is 4.79 Å². The Hall–Kier alpha value is -2.43. The molecule has 2 N–H and O–H groups in total. The zero-order chi connectivity index (χ0) is 14.7. The molecule has 0 bridgehead atoms. The predicted octanol–water partition coefficient (Wildman–Crippen LogP) is 1.95. The second-order valence-electron chi connectivity index (χ2n) is 4.83. The molecule has 0 aliphatic carbocycles. The van der Waals surface area contributed by atoms with Crippen LogP contribution in [0.2, 0.25) is 0 Å². The molecule has 104 valence electrons. The number of rotatable bonds is 3. The van der Waals surface area contributed by atoms with Gasteiger partial charge in [-0.2, -0.15) is 0 Å². The van der Waals surface area contributed by atoms with Crippen LogP contribution in [-0.2, 0) is 6.54 Å². The summed E-state index contributed by atoms with van der Waals surface area (Å²) in [5, 5.41) is 0. The van der Waals surface area contributed by atoms with Crippen LogP contribution < -0.4 is 5.73 Å². The molecular weight excluding hydrogens is 252 g/mol. The number of carbonyl (C=O) groups excluding carboxylic acids is 1. The van der Waals surface area contributed by atoms with Gasteiger partial charge in [0.15, 0.2) is 0 Å². The normalized spacial score (nSPS) is 10.3. The molecule has 0 aliphatic rings. The van der Waals surface area contributed by atoms with E-state index in [2.05, 4.69) is 9.97 Å². The molecule has 0 spiro atoms. The molecule has 0 atom stereocenters. The summed E-state index contributed by atoms with van der Waals surface area (Å²) in [5.74, 6) is -0.106. The number of hydrogen-bond acceptors (Lipinski definition) is 4. The van der Waals surface area contributed by atoms with E-state index in [0.717, 1.165) is 11.4 Å². The van der Waals surface area contributed by atoms with Crippen molar-refractivity contribution in [1.82, 2.24) is 14.9 Å². The third kappa shape index (κ3) is 3.12.